The van der Waals surface area contributed by atoms with Gasteiger partial charge in [0.25, 0.3) is 0 Å². The van der Waals surface area contributed by atoms with Gasteiger partial charge >= 0.3 is 0 Å². The lowest BCUT2D eigenvalue weighted by Crippen LogP contribution is -2.23. The molecule has 1 nitrogen and oxygen atoms in total. The molecule has 3 atom stereocenters. The maximum atomic E-state index is 6.12. The van der Waals surface area contributed by atoms with E-state index in [0.717, 1.165) is 17.8 Å². The second-order valence-corrected chi connectivity index (χ2v) is 5.84. The summed E-state index contributed by atoms with van der Waals surface area (Å²) in [6.45, 7) is 0. The van der Waals surface area contributed by atoms with Crippen LogP contribution >= 0.6 is 0 Å². The van der Waals surface area contributed by atoms with Gasteiger partial charge in [-0.2, -0.15) is 0 Å². The van der Waals surface area contributed by atoms with Crippen LogP contribution in [0, 0.1) is 17.8 Å². The Labute approximate surface area is 81.1 Å². The molecule has 0 amide bonds. The summed E-state index contributed by atoms with van der Waals surface area (Å²) in [6, 6.07) is 0. The first-order chi connectivity index (χ1) is 6.25. The summed E-state index contributed by atoms with van der Waals surface area (Å²) in [5, 5.41) is 0. The minimum atomic E-state index is 0.307. The first-order valence-corrected chi connectivity index (χ1v) is 6.04. The van der Waals surface area contributed by atoms with E-state index in [9.17, 15) is 0 Å². The average molecular weight is 179 g/mol. The van der Waals surface area contributed by atoms with E-state index in [1.807, 2.05) is 0 Å². The Balaban J connectivity index is 1.51. The highest BCUT2D eigenvalue weighted by Gasteiger charge is 2.42. The highest BCUT2D eigenvalue weighted by molar-refractivity contribution is 5.00. The smallest absolute Gasteiger partial charge is 0.0155 e. The SMILES string of the molecule is NC1(CCC2CC3CCC2C3)CC1. The Morgan fingerprint density at radius 3 is 2.54 bits per heavy atom. The number of hydrogen-bond acceptors (Lipinski definition) is 1. The van der Waals surface area contributed by atoms with Crippen molar-refractivity contribution in [3.05, 3.63) is 0 Å². The van der Waals surface area contributed by atoms with Crippen molar-refractivity contribution >= 4 is 0 Å². The van der Waals surface area contributed by atoms with Gasteiger partial charge in [0.1, 0.15) is 0 Å². The Morgan fingerprint density at radius 2 is 2.00 bits per heavy atom. The molecule has 2 bridgehead atoms. The summed E-state index contributed by atoms with van der Waals surface area (Å²) in [4.78, 5) is 0. The van der Waals surface area contributed by atoms with Crippen LogP contribution in [-0.4, -0.2) is 5.54 Å². The molecule has 0 saturated heterocycles. The molecule has 0 aliphatic heterocycles. The van der Waals surface area contributed by atoms with E-state index in [-0.39, 0.29) is 0 Å². The molecule has 3 saturated carbocycles. The van der Waals surface area contributed by atoms with E-state index < -0.39 is 0 Å². The van der Waals surface area contributed by atoms with Gasteiger partial charge in [-0.15, -0.1) is 0 Å². The van der Waals surface area contributed by atoms with E-state index in [0.29, 0.717) is 5.54 Å². The van der Waals surface area contributed by atoms with Gasteiger partial charge in [-0.25, -0.2) is 0 Å². The van der Waals surface area contributed by atoms with Crippen LogP contribution in [0.3, 0.4) is 0 Å². The molecular formula is C12H21N. The lowest BCUT2D eigenvalue weighted by Gasteiger charge is -2.22. The zero-order chi connectivity index (χ0) is 8.89. The van der Waals surface area contributed by atoms with Crippen LogP contribution in [0.25, 0.3) is 0 Å². The van der Waals surface area contributed by atoms with Crippen LogP contribution in [0.15, 0.2) is 0 Å². The Kier molecular flexibility index (Phi) is 1.74. The average Bonchev–Trinajstić information content (AvgIpc) is 2.63. The largest absolute Gasteiger partial charge is 0.325 e. The van der Waals surface area contributed by atoms with Crippen molar-refractivity contribution in [3.63, 3.8) is 0 Å². The first kappa shape index (κ1) is 8.28. The normalized spacial score (nSPS) is 45.5. The second kappa shape index (κ2) is 2.73. The van der Waals surface area contributed by atoms with Crippen molar-refractivity contribution < 1.29 is 0 Å². The van der Waals surface area contributed by atoms with E-state index >= 15 is 0 Å². The summed E-state index contributed by atoms with van der Waals surface area (Å²) in [5.41, 5.74) is 6.43. The van der Waals surface area contributed by atoms with Gasteiger partial charge in [0.2, 0.25) is 0 Å². The van der Waals surface area contributed by atoms with Crippen LogP contribution in [-0.2, 0) is 0 Å². The molecule has 0 radical (unpaired) electrons. The van der Waals surface area contributed by atoms with Gasteiger partial charge in [0.15, 0.2) is 0 Å². The number of fused-ring (bicyclic) bond motifs is 2. The number of hydrogen-bond donors (Lipinski definition) is 1. The number of rotatable bonds is 3. The molecule has 3 aliphatic carbocycles. The van der Waals surface area contributed by atoms with E-state index in [2.05, 4.69) is 0 Å². The van der Waals surface area contributed by atoms with Gasteiger partial charge in [-0.1, -0.05) is 6.42 Å². The highest BCUT2D eigenvalue weighted by atomic mass is 14.8. The summed E-state index contributed by atoms with van der Waals surface area (Å²) >= 11 is 0. The molecule has 0 heterocycles. The van der Waals surface area contributed by atoms with Crippen LogP contribution in [0.4, 0.5) is 0 Å². The minimum Gasteiger partial charge on any atom is -0.325 e. The van der Waals surface area contributed by atoms with E-state index in [4.69, 9.17) is 5.73 Å². The van der Waals surface area contributed by atoms with Crippen molar-refractivity contribution in [2.45, 2.75) is 56.9 Å². The fourth-order valence-corrected chi connectivity index (χ4v) is 3.61. The Bertz CT molecular complexity index is 207. The van der Waals surface area contributed by atoms with Gasteiger partial charge < -0.3 is 5.73 Å². The van der Waals surface area contributed by atoms with Crippen molar-refractivity contribution in [3.8, 4) is 0 Å². The predicted octanol–water partition coefficient (Wildman–Crippen LogP) is 2.69. The summed E-state index contributed by atoms with van der Waals surface area (Å²) in [5.74, 6) is 3.29. The fourth-order valence-electron chi connectivity index (χ4n) is 3.61. The molecule has 0 aromatic carbocycles. The lowest BCUT2D eigenvalue weighted by atomic mass is 9.84. The van der Waals surface area contributed by atoms with Crippen molar-refractivity contribution in [1.82, 2.24) is 0 Å². The lowest BCUT2D eigenvalue weighted by molar-refractivity contribution is 0.298. The number of nitrogens with two attached hydrogens (primary N) is 1. The molecule has 13 heavy (non-hydrogen) atoms. The highest BCUT2D eigenvalue weighted by Crippen LogP contribution is 2.51. The summed E-state index contributed by atoms with van der Waals surface area (Å²) in [6.07, 6.45) is 11.5. The molecule has 3 rings (SSSR count). The summed E-state index contributed by atoms with van der Waals surface area (Å²) in [7, 11) is 0. The topological polar surface area (TPSA) is 26.0 Å². The maximum Gasteiger partial charge on any atom is 0.0155 e. The van der Waals surface area contributed by atoms with Crippen LogP contribution in [0.5, 0.6) is 0 Å². The zero-order valence-corrected chi connectivity index (χ0v) is 8.47. The second-order valence-electron chi connectivity index (χ2n) is 5.84. The third kappa shape index (κ3) is 1.52. The third-order valence-corrected chi connectivity index (χ3v) is 4.79. The zero-order valence-electron chi connectivity index (χ0n) is 8.47. The van der Waals surface area contributed by atoms with Gasteiger partial charge in [-0.3, -0.25) is 0 Å². The molecular weight excluding hydrogens is 158 g/mol. The molecule has 3 aliphatic rings. The minimum absolute atomic E-state index is 0.307. The molecule has 0 aromatic rings. The fraction of sp³-hybridized carbons (Fsp3) is 1.00. The van der Waals surface area contributed by atoms with Crippen molar-refractivity contribution in [2.75, 3.05) is 0 Å². The monoisotopic (exact) mass is 179 g/mol. The van der Waals surface area contributed by atoms with E-state index in [1.165, 1.54) is 38.5 Å². The molecule has 1 heteroatoms. The third-order valence-electron chi connectivity index (χ3n) is 4.79. The summed E-state index contributed by atoms with van der Waals surface area (Å²) < 4.78 is 0. The molecule has 2 N–H and O–H groups in total. The molecule has 3 unspecified atom stereocenters. The Hall–Kier alpha value is -0.0400. The quantitative estimate of drug-likeness (QED) is 0.708. The van der Waals surface area contributed by atoms with Gasteiger partial charge in [-0.05, 0) is 62.7 Å². The molecule has 0 spiro atoms. The molecule has 3 fully saturated rings. The van der Waals surface area contributed by atoms with E-state index in [1.54, 1.807) is 12.8 Å². The predicted molar refractivity (Wildman–Crippen MR) is 54.3 cm³/mol. The van der Waals surface area contributed by atoms with Crippen LogP contribution < -0.4 is 5.73 Å². The Morgan fingerprint density at radius 1 is 1.15 bits per heavy atom. The molecule has 0 aromatic heterocycles. The van der Waals surface area contributed by atoms with Crippen molar-refractivity contribution in [2.24, 2.45) is 23.5 Å². The first-order valence-electron chi connectivity index (χ1n) is 6.04. The molecule has 74 valence electrons. The van der Waals surface area contributed by atoms with Crippen LogP contribution in [0.2, 0.25) is 0 Å². The van der Waals surface area contributed by atoms with Gasteiger partial charge in [0, 0.05) is 5.54 Å². The van der Waals surface area contributed by atoms with Gasteiger partial charge in [0.05, 0.1) is 0 Å². The van der Waals surface area contributed by atoms with Crippen molar-refractivity contribution in [1.29, 1.82) is 0 Å². The van der Waals surface area contributed by atoms with Crippen LogP contribution in [0.1, 0.15) is 51.4 Å². The maximum absolute atomic E-state index is 6.12. The standard InChI is InChI=1S/C12H21N/c13-12(5-6-12)4-3-11-8-9-1-2-10(11)7-9/h9-11H,1-8,13H2.